The fourth-order valence-electron chi connectivity index (χ4n) is 10.1. The summed E-state index contributed by atoms with van der Waals surface area (Å²) >= 11 is 0. The summed E-state index contributed by atoms with van der Waals surface area (Å²) in [5, 5.41) is 2.65. The van der Waals surface area contributed by atoms with Crippen molar-refractivity contribution >= 4 is 16.0 Å². The van der Waals surface area contributed by atoms with Crippen LogP contribution in [0, 0.1) is 46.3 Å². The van der Waals surface area contributed by atoms with Crippen molar-refractivity contribution in [3.05, 3.63) is 0 Å². The Bertz CT molecular complexity index is 984. The lowest BCUT2D eigenvalue weighted by Crippen LogP contribution is -2.59. The number of amides is 1. The van der Waals surface area contributed by atoms with E-state index in [4.69, 9.17) is 14.0 Å². The van der Waals surface area contributed by atoms with Crippen molar-refractivity contribution in [3.63, 3.8) is 0 Å². The molecule has 0 spiro atoms. The standard InChI is InChI=1S/C32H57NO6S/c1-20(2)38-24-12-14-31(6)23(18-24)19-28(39-21(3)4)30-26-10-9-25(32(26,7)15-13-27(30)31)22(5)8-11-29(34)33-16-17-40(35,36)37/h20-28,30H,8-19H2,1-7H3,(H,33,34)(H,35,36,37). The average molecular weight is 584 g/mol. The van der Waals surface area contributed by atoms with E-state index in [-0.39, 0.29) is 30.1 Å². The quantitative estimate of drug-likeness (QED) is 0.278. The Hall–Kier alpha value is -0.700. The second kappa shape index (κ2) is 12.5. The summed E-state index contributed by atoms with van der Waals surface area (Å²) in [4.78, 5) is 12.4. The van der Waals surface area contributed by atoms with E-state index in [1.165, 1.54) is 44.9 Å². The number of hydrogen-bond donors (Lipinski definition) is 2. The zero-order chi connectivity index (χ0) is 29.5. The van der Waals surface area contributed by atoms with Gasteiger partial charge in [-0.1, -0.05) is 20.8 Å². The maximum atomic E-state index is 12.4. The molecule has 0 saturated heterocycles. The van der Waals surface area contributed by atoms with Crippen LogP contribution >= 0.6 is 0 Å². The lowest BCUT2D eigenvalue weighted by atomic mass is 9.43. The van der Waals surface area contributed by atoms with Gasteiger partial charge < -0.3 is 14.8 Å². The Morgan fingerprint density at radius 3 is 2.23 bits per heavy atom. The molecule has 2 N–H and O–H groups in total. The third kappa shape index (κ3) is 6.92. The molecule has 4 aliphatic rings. The van der Waals surface area contributed by atoms with Gasteiger partial charge in [-0.2, -0.15) is 8.42 Å². The van der Waals surface area contributed by atoms with Crippen LogP contribution in [0.3, 0.4) is 0 Å². The molecule has 40 heavy (non-hydrogen) atoms. The Labute approximate surface area is 244 Å². The maximum absolute atomic E-state index is 12.4. The number of hydrogen-bond acceptors (Lipinski definition) is 5. The molecular formula is C32H57NO6S. The number of fused-ring (bicyclic) bond motifs is 5. The van der Waals surface area contributed by atoms with Gasteiger partial charge >= 0.3 is 0 Å². The highest BCUT2D eigenvalue weighted by Crippen LogP contribution is 2.69. The van der Waals surface area contributed by atoms with Gasteiger partial charge in [-0.05, 0) is 132 Å². The highest BCUT2D eigenvalue weighted by atomic mass is 32.2. The predicted molar refractivity (Wildman–Crippen MR) is 158 cm³/mol. The highest BCUT2D eigenvalue weighted by molar-refractivity contribution is 7.85. The molecule has 1 amide bonds. The van der Waals surface area contributed by atoms with E-state index >= 15 is 0 Å². The lowest BCUT2D eigenvalue weighted by Gasteiger charge is -2.63. The van der Waals surface area contributed by atoms with E-state index in [2.05, 4.69) is 53.8 Å². The minimum atomic E-state index is -4.06. The molecule has 7 nitrogen and oxygen atoms in total. The summed E-state index contributed by atoms with van der Waals surface area (Å²) in [5.41, 5.74) is 0.630. The van der Waals surface area contributed by atoms with Gasteiger partial charge in [0.1, 0.15) is 0 Å². The SMILES string of the molecule is CC(C)OC1CCC2(C)C(C1)CC(OC(C)C)C1C2CCC2(C)C(C(C)CCC(=O)NCCS(=O)(=O)O)CCC12. The smallest absolute Gasteiger partial charge is 0.266 e. The van der Waals surface area contributed by atoms with Crippen molar-refractivity contribution in [2.24, 2.45) is 46.3 Å². The Kier molecular flexibility index (Phi) is 10.1. The Balaban J connectivity index is 1.45. The molecule has 0 aliphatic heterocycles. The molecular weight excluding hydrogens is 526 g/mol. The van der Waals surface area contributed by atoms with Crippen LogP contribution in [0.4, 0.5) is 0 Å². The van der Waals surface area contributed by atoms with Gasteiger partial charge in [0.05, 0.1) is 30.2 Å². The second-order valence-electron chi connectivity index (χ2n) is 14.9. The predicted octanol–water partition coefficient (Wildman–Crippen LogP) is 6.26. The van der Waals surface area contributed by atoms with Crippen LogP contribution in [-0.2, 0) is 24.4 Å². The minimum Gasteiger partial charge on any atom is -0.376 e. The second-order valence-corrected chi connectivity index (χ2v) is 16.5. The maximum Gasteiger partial charge on any atom is 0.266 e. The molecule has 8 heteroatoms. The summed E-state index contributed by atoms with van der Waals surface area (Å²) in [5.74, 6) is 3.07. The Morgan fingerprint density at radius 2 is 1.57 bits per heavy atom. The van der Waals surface area contributed by atoms with Crippen LogP contribution in [0.5, 0.6) is 0 Å². The average Bonchev–Trinajstić information content (AvgIpc) is 3.19. The van der Waals surface area contributed by atoms with E-state index < -0.39 is 15.9 Å². The van der Waals surface area contributed by atoms with Crippen LogP contribution in [-0.4, -0.2) is 55.6 Å². The molecule has 0 bridgehead atoms. The molecule has 0 heterocycles. The number of nitrogens with one attached hydrogen (secondary N) is 1. The molecule has 0 aromatic carbocycles. The third-order valence-corrected chi connectivity index (χ3v) is 12.5. The van der Waals surface area contributed by atoms with E-state index in [9.17, 15) is 13.2 Å². The van der Waals surface area contributed by atoms with Gasteiger partial charge in [-0.25, -0.2) is 0 Å². The van der Waals surface area contributed by atoms with Crippen LogP contribution < -0.4 is 5.32 Å². The molecule has 4 saturated carbocycles. The zero-order valence-electron chi connectivity index (χ0n) is 26.2. The van der Waals surface area contributed by atoms with Crippen molar-refractivity contribution in [2.45, 2.75) is 137 Å². The lowest BCUT2D eigenvalue weighted by molar-refractivity contribution is -0.201. The third-order valence-electron chi connectivity index (χ3n) is 11.8. The van der Waals surface area contributed by atoms with Gasteiger partial charge in [-0.3, -0.25) is 9.35 Å². The van der Waals surface area contributed by atoms with E-state index in [1.54, 1.807) is 0 Å². The van der Waals surface area contributed by atoms with Crippen molar-refractivity contribution < 1.29 is 27.2 Å². The van der Waals surface area contributed by atoms with Crippen LogP contribution in [0.15, 0.2) is 0 Å². The molecule has 4 aliphatic carbocycles. The van der Waals surface area contributed by atoms with Crippen LogP contribution in [0.1, 0.15) is 113 Å². The minimum absolute atomic E-state index is 0.0420. The largest absolute Gasteiger partial charge is 0.376 e. The van der Waals surface area contributed by atoms with Gasteiger partial charge in [0.25, 0.3) is 10.1 Å². The van der Waals surface area contributed by atoms with Crippen molar-refractivity contribution in [1.29, 1.82) is 0 Å². The molecule has 10 unspecified atom stereocenters. The molecule has 10 atom stereocenters. The first-order chi connectivity index (χ1) is 18.6. The van der Waals surface area contributed by atoms with Crippen molar-refractivity contribution in [2.75, 3.05) is 12.3 Å². The number of carbonyl (C=O) groups excluding carboxylic acids is 1. The van der Waals surface area contributed by atoms with Gasteiger partial charge in [-0.15, -0.1) is 0 Å². The zero-order valence-corrected chi connectivity index (χ0v) is 27.0. The molecule has 0 aromatic heterocycles. The van der Waals surface area contributed by atoms with Crippen LogP contribution in [0.2, 0.25) is 0 Å². The monoisotopic (exact) mass is 583 g/mol. The van der Waals surface area contributed by atoms with Gasteiger partial charge in [0.2, 0.25) is 5.91 Å². The number of carbonyl (C=O) groups is 1. The molecule has 0 aromatic rings. The number of rotatable bonds is 11. The Morgan fingerprint density at radius 1 is 0.925 bits per heavy atom. The van der Waals surface area contributed by atoms with E-state index in [1.807, 2.05) is 0 Å². The molecule has 4 rings (SSSR count). The van der Waals surface area contributed by atoms with E-state index in [0.717, 1.165) is 12.8 Å². The van der Waals surface area contributed by atoms with Gasteiger partial charge in [0, 0.05) is 13.0 Å². The molecule has 232 valence electrons. The first kappa shape index (κ1) is 32.2. The van der Waals surface area contributed by atoms with E-state index in [0.29, 0.717) is 59.6 Å². The normalized spacial score (nSPS) is 40.4. The molecule has 4 fully saturated rings. The fourth-order valence-corrected chi connectivity index (χ4v) is 10.5. The summed E-state index contributed by atoms with van der Waals surface area (Å²) in [6.45, 7) is 16.1. The van der Waals surface area contributed by atoms with Gasteiger partial charge in [0.15, 0.2) is 0 Å². The summed E-state index contributed by atoms with van der Waals surface area (Å²) in [6.07, 6.45) is 12.2. The number of ether oxygens (including phenoxy) is 2. The topological polar surface area (TPSA) is 102 Å². The van der Waals surface area contributed by atoms with Crippen molar-refractivity contribution in [3.8, 4) is 0 Å². The first-order valence-electron chi connectivity index (χ1n) is 16.2. The highest BCUT2D eigenvalue weighted by Gasteiger charge is 2.63. The van der Waals surface area contributed by atoms with Crippen LogP contribution in [0.25, 0.3) is 0 Å². The summed E-state index contributed by atoms with van der Waals surface area (Å²) in [7, 11) is -4.06. The summed E-state index contributed by atoms with van der Waals surface area (Å²) in [6, 6.07) is 0. The molecule has 0 radical (unpaired) electrons. The first-order valence-corrected chi connectivity index (χ1v) is 17.8. The summed E-state index contributed by atoms with van der Waals surface area (Å²) < 4.78 is 43.9. The van der Waals surface area contributed by atoms with Crippen molar-refractivity contribution in [1.82, 2.24) is 5.32 Å². The fraction of sp³-hybridized carbons (Fsp3) is 0.969.